The molecule has 1 aliphatic heterocycles. The van der Waals surface area contributed by atoms with Crippen LogP contribution >= 0.6 is 0 Å². The van der Waals surface area contributed by atoms with E-state index in [-0.39, 0.29) is 12.5 Å². The highest BCUT2D eigenvalue weighted by molar-refractivity contribution is 5.95. The van der Waals surface area contributed by atoms with E-state index in [1.54, 1.807) is 0 Å². The van der Waals surface area contributed by atoms with Crippen LogP contribution in [-0.4, -0.2) is 41.5 Å². The highest BCUT2D eigenvalue weighted by Crippen LogP contribution is 2.25. The second-order valence-electron chi connectivity index (χ2n) is 5.38. The Kier molecular flexibility index (Phi) is 4.81. The van der Waals surface area contributed by atoms with Crippen molar-refractivity contribution >= 4 is 11.8 Å². The van der Waals surface area contributed by atoms with E-state index < -0.39 is 36.5 Å². The Morgan fingerprint density at radius 1 is 1.32 bits per heavy atom. The van der Waals surface area contributed by atoms with Crippen LogP contribution in [0, 0.1) is 5.92 Å². The van der Waals surface area contributed by atoms with Crippen molar-refractivity contribution in [1.82, 2.24) is 10.2 Å². The summed E-state index contributed by atoms with van der Waals surface area (Å²) in [6.45, 7) is 4.79. The van der Waals surface area contributed by atoms with Crippen LogP contribution in [-0.2, 0) is 9.59 Å². The van der Waals surface area contributed by atoms with Gasteiger partial charge in [-0.15, -0.1) is 0 Å². The first-order chi connectivity index (χ1) is 8.60. The number of nitrogens with one attached hydrogen (secondary N) is 1. The predicted molar refractivity (Wildman–Crippen MR) is 63.2 cm³/mol. The van der Waals surface area contributed by atoms with Crippen molar-refractivity contribution in [3.8, 4) is 0 Å². The fourth-order valence-corrected chi connectivity index (χ4v) is 2.18. The molecule has 0 aromatic carbocycles. The number of amides is 2. The van der Waals surface area contributed by atoms with Gasteiger partial charge in [-0.1, -0.05) is 13.8 Å². The molecule has 0 aromatic rings. The Hall–Kier alpha value is -1.27. The molecule has 0 bridgehead atoms. The number of carbonyl (C=O) groups is 2. The van der Waals surface area contributed by atoms with Crippen LogP contribution in [0.25, 0.3) is 0 Å². The topological polar surface area (TPSA) is 49.4 Å². The second kappa shape index (κ2) is 5.79. The van der Waals surface area contributed by atoms with E-state index in [1.807, 2.05) is 13.8 Å². The summed E-state index contributed by atoms with van der Waals surface area (Å²) in [4.78, 5) is 24.6. The molecule has 2 atom stereocenters. The summed E-state index contributed by atoms with van der Waals surface area (Å²) in [6, 6.07) is -1.73. The van der Waals surface area contributed by atoms with Crippen LogP contribution in [0.15, 0.2) is 0 Å². The molecule has 0 aromatic heterocycles. The van der Waals surface area contributed by atoms with Gasteiger partial charge in [0.2, 0.25) is 11.8 Å². The summed E-state index contributed by atoms with van der Waals surface area (Å²) < 4.78 is 37.1. The lowest BCUT2D eigenvalue weighted by Crippen LogP contribution is -2.60. The lowest BCUT2D eigenvalue weighted by atomic mass is 9.99. The molecular weight excluding hydrogens is 261 g/mol. The molecule has 1 saturated heterocycles. The van der Waals surface area contributed by atoms with Gasteiger partial charge in [0, 0.05) is 6.04 Å². The van der Waals surface area contributed by atoms with Gasteiger partial charge in [-0.05, 0) is 19.3 Å². The third kappa shape index (κ3) is 4.72. The van der Waals surface area contributed by atoms with Gasteiger partial charge in [0.15, 0.2) is 0 Å². The third-order valence-corrected chi connectivity index (χ3v) is 3.00. The normalized spacial score (nSPS) is 22.7. The largest absolute Gasteiger partial charge is 0.391 e. The molecular formula is C12H19F3N2O2. The van der Waals surface area contributed by atoms with Crippen molar-refractivity contribution in [2.24, 2.45) is 5.92 Å². The van der Waals surface area contributed by atoms with Crippen molar-refractivity contribution in [2.45, 2.75) is 51.9 Å². The number of halogens is 3. The molecule has 0 aliphatic carbocycles. The maximum absolute atomic E-state index is 12.4. The summed E-state index contributed by atoms with van der Waals surface area (Å²) in [7, 11) is 0. The van der Waals surface area contributed by atoms with Crippen molar-refractivity contribution in [1.29, 1.82) is 0 Å². The van der Waals surface area contributed by atoms with Crippen molar-refractivity contribution in [3.63, 3.8) is 0 Å². The zero-order valence-corrected chi connectivity index (χ0v) is 11.3. The number of hydrogen-bond donors (Lipinski definition) is 1. The van der Waals surface area contributed by atoms with Gasteiger partial charge in [0.05, 0.1) is 13.0 Å². The molecule has 2 amide bonds. The van der Waals surface area contributed by atoms with Gasteiger partial charge in [-0.25, -0.2) is 0 Å². The van der Waals surface area contributed by atoms with Crippen molar-refractivity contribution < 1.29 is 22.8 Å². The average molecular weight is 280 g/mol. The molecule has 0 spiro atoms. The van der Waals surface area contributed by atoms with Gasteiger partial charge in [-0.2, -0.15) is 13.2 Å². The van der Waals surface area contributed by atoms with E-state index in [4.69, 9.17) is 0 Å². The first-order valence-corrected chi connectivity index (χ1v) is 6.26. The quantitative estimate of drug-likeness (QED) is 0.852. The SMILES string of the molecule is CC(C)CC1NC(=O)CN(C(C)CC(F)(F)F)C1=O. The van der Waals surface area contributed by atoms with Crippen molar-refractivity contribution in [3.05, 3.63) is 0 Å². The maximum atomic E-state index is 12.4. The Labute approximate surface area is 110 Å². The number of piperazine rings is 1. The molecule has 4 nitrogen and oxygen atoms in total. The molecule has 1 rings (SSSR count). The van der Waals surface area contributed by atoms with E-state index >= 15 is 0 Å². The van der Waals surface area contributed by atoms with E-state index in [9.17, 15) is 22.8 Å². The molecule has 1 fully saturated rings. The lowest BCUT2D eigenvalue weighted by Gasteiger charge is -2.37. The lowest BCUT2D eigenvalue weighted by molar-refractivity contribution is -0.160. The Bertz CT molecular complexity index is 355. The van der Waals surface area contributed by atoms with E-state index in [2.05, 4.69) is 5.32 Å². The van der Waals surface area contributed by atoms with Crippen LogP contribution in [0.5, 0.6) is 0 Å². The van der Waals surface area contributed by atoms with E-state index in [0.29, 0.717) is 6.42 Å². The zero-order chi connectivity index (χ0) is 14.8. The zero-order valence-electron chi connectivity index (χ0n) is 11.3. The van der Waals surface area contributed by atoms with Gasteiger partial charge in [-0.3, -0.25) is 9.59 Å². The summed E-state index contributed by atoms with van der Waals surface area (Å²) in [5, 5.41) is 2.53. The number of alkyl halides is 3. The first kappa shape index (κ1) is 15.8. The van der Waals surface area contributed by atoms with Gasteiger partial charge in [0.1, 0.15) is 6.04 Å². The molecule has 1 aliphatic rings. The average Bonchev–Trinajstić information content (AvgIpc) is 2.19. The molecule has 19 heavy (non-hydrogen) atoms. The molecule has 0 saturated carbocycles. The van der Waals surface area contributed by atoms with Crippen LogP contribution in [0.3, 0.4) is 0 Å². The summed E-state index contributed by atoms with van der Waals surface area (Å²) in [5.41, 5.74) is 0. The van der Waals surface area contributed by atoms with E-state index in [0.717, 1.165) is 4.90 Å². The van der Waals surface area contributed by atoms with Gasteiger partial charge >= 0.3 is 6.18 Å². The standard InChI is InChI=1S/C12H19F3N2O2/c1-7(2)4-9-11(19)17(6-10(18)16-9)8(3)5-12(13,14)15/h7-9H,4-6H2,1-3H3,(H,16,18). The predicted octanol–water partition coefficient (Wildman–Crippen LogP) is 1.70. The molecule has 0 radical (unpaired) electrons. The summed E-state index contributed by atoms with van der Waals surface area (Å²) >= 11 is 0. The number of hydrogen-bond acceptors (Lipinski definition) is 2. The highest BCUT2D eigenvalue weighted by Gasteiger charge is 2.39. The molecule has 7 heteroatoms. The Morgan fingerprint density at radius 3 is 2.37 bits per heavy atom. The number of nitrogens with zero attached hydrogens (tertiary/aromatic N) is 1. The Balaban J connectivity index is 2.76. The monoisotopic (exact) mass is 280 g/mol. The molecule has 110 valence electrons. The third-order valence-electron chi connectivity index (χ3n) is 3.00. The fraction of sp³-hybridized carbons (Fsp3) is 0.833. The second-order valence-corrected chi connectivity index (χ2v) is 5.38. The number of carbonyl (C=O) groups excluding carboxylic acids is 2. The summed E-state index contributed by atoms with van der Waals surface area (Å²) in [5.74, 6) is -0.656. The maximum Gasteiger partial charge on any atom is 0.391 e. The van der Waals surface area contributed by atoms with E-state index in [1.165, 1.54) is 6.92 Å². The van der Waals surface area contributed by atoms with Gasteiger partial charge < -0.3 is 10.2 Å². The van der Waals surface area contributed by atoms with Crippen LogP contribution in [0.4, 0.5) is 13.2 Å². The Morgan fingerprint density at radius 2 is 1.89 bits per heavy atom. The van der Waals surface area contributed by atoms with Crippen LogP contribution < -0.4 is 5.32 Å². The number of rotatable bonds is 4. The minimum Gasteiger partial charge on any atom is -0.343 e. The minimum absolute atomic E-state index is 0.173. The van der Waals surface area contributed by atoms with Crippen molar-refractivity contribution in [2.75, 3.05) is 6.54 Å². The molecule has 1 N–H and O–H groups in total. The molecule has 1 heterocycles. The molecule has 2 unspecified atom stereocenters. The highest BCUT2D eigenvalue weighted by atomic mass is 19.4. The fourth-order valence-electron chi connectivity index (χ4n) is 2.18. The van der Waals surface area contributed by atoms with Crippen LogP contribution in [0.1, 0.15) is 33.6 Å². The minimum atomic E-state index is -4.35. The van der Waals surface area contributed by atoms with Crippen LogP contribution in [0.2, 0.25) is 0 Å². The summed E-state index contributed by atoms with van der Waals surface area (Å²) in [6.07, 6.45) is -5.01. The first-order valence-electron chi connectivity index (χ1n) is 6.26. The smallest absolute Gasteiger partial charge is 0.343 e. The van der Waals surface area contributed by atoms with Gasteiger partial charge in [0.25, 0.3) is 0 Å².